The second kappa shape index (κ2) is 11.5. The predicted molar refractivity (Wildman–Crippen MR) is 124 cm³/mol. The molecule has 0 aliphatic rings. The number of ether oxygens (including phenoxy) is 1. The molecule has 0 unspecified atom stereocenters. The van der Waals surface area contributed by atoms with Crippen LogP contribution in [0.1, 0.15) is 36.0 Å². The topological polar surface area (TPSA) is 115 Å². The fourth-order valence-electron chi connectivity index (χ4n) is 3.07. The van der Waals surface area contributed by atoms with Crippen molar-refractivity contribution >= 4 is 23.6 Å². The van der Waals surface area contributed by atoms with Gasteiger partial charge in [0.1, 0.15) is 17.3 Å². The van der Waals surface area contributed by atoms with Gasteiger partial charge in [-0.1, -0.05) is 25.6 Å². The molecule has 0 aliphatic heterocycles. The van der Waals surface area contributed by atoms with Crippen LogP contribution in [0.3, 0.4) is 0 Å². The Morgan fingerprint density at radius 2 is 1.82 bits per heavy atom. The molecule has 3 rings (SSSR count). The molecule has 0 aliphatic carbocycles. The van der Waals surface area contributed by atoms with E-state index in [1.54, 1.807) is 19.2 Å². The summed E-state index contributed by atoms with van der Waals surface area (Å²) in [7, 11) is 1.61. The van der Waals surface area contributed by atoms with Gasteiger partial charge in [-0.3, -0.25) is 29.9 Å². The van der Waals surface area contributed by atoms with Crippen molar-refractivity contribution in [2.75, 3.05) is 26.0 Å². The monoisotopic (exact) mass is 472 g/mol. The summed E-state index contributed by atoms with van der Waals surface area (Å²) in [5.74, 6) is 1.40. The first-order chi connectivity index (χ1) is 15.9. The molecule has 0 bridgehead atoms. The summed E-state index contributed by atoms with van der Waals surface area (Å²) in [6.45, 7) is 8.36. The van der Waals surface area contributed by atoms with Gasteiger partial charge in [-0.05, 0) is 56.4 Å². The van der Waals surface area contributed by atoms with Crippen molar-refractivity contribution in [3.05, 3.63) is 53.7 Å². The molecule has 0 atom stereocenters. The molecule has 0 saturated heterocycles. The maximum atomic E-state index is 12.3. The number of benzene rings is 1. The molecule has 0 spiro atoms. The number of hydrogen-bond donors (Lipinski definition) is 2. The number of aromatic nitrogens is 3. The van der Waals surface area contributed by atoms with Gasteiger partial charge in [0.05, 0.1) is 19.4 Å². The average Bonchev–Trinajstić information content (AvgIpc) is 3.46. The van der Waals surface area contributed by atoms with Gasteiger partial charge in [0.25, 0.3) is 0 Å². The highest BCUT2D eigenvalue weighted by atomic mass is 32.2. The quantitative estimate of drug-likeness (QED) is 0.342. The zero-order valence-corrected chi connectivity index (χ0v) is 19.9. The molecular weight excluding hydrogens is 444 g/mol. The number of nitrogens with zero attached hydrogens (tertiary/aromatic N) is 4. The van der Waals surface area contributed by atoms with Gasteiger partial charge in [-0.25, -0.2) is 0 Å². The van der Waals surface area contributed by atoms with Crippen LogP contribution in [-0.4, -0.2) is 57.4 Å². The first kappa shape index (κ1) is 24.3. The van der Waals surface area contributed by atoms with E-state index in [9.17, 15) is 9.59 Å². The summed E-state index contributed by atoms with van der Waals surface area (Å²) in [6.07, 6.45) is 0. The molecule has 0 radical (unpaired) electrons. The molecule has 10 nitrogen and oxygen atoms in total. The van der Waals surface area contributed by atoms with Gasteiger partial charge >= 0.3 is 5.91 Å². The van der Waals surface area contributed by atoms with Crippen molar-refractivity contribution in [2.45, 2.75) is 32.5 Å². The Labute approximate surface area is 196 Å². The number of furan rings is 1. The van der Waals surface area contributed by atoms with Crippen molar-refractivity contribution in [3.8, 4) is 11.4 Å². The van der Waals surface area contributed by atoms with Crippen LogP contribution < -0.4 is 15.6 Å². The van der Waals surface area contributed by atoms with Crippen LogP contribution in [0, 0.1) is 6.92 Å². The Hall–Kier alpha value is -3.31. The number of hydrazine groups is 1. The van der Waals surface area contributed by atoms with Crippen molar-refractivity contribution in [2.24, 2.45) is 0 Å². The number of methoxy groups -OCH3 is 1. The third kappa shape index (κ3) is 6.36. The van der Waals surface area contributed by atoms with Gasteiger partial charge in [-0.15, -0.1) is 10.2 Å². The van der Waals surface area contributed by atoms with E-state index in [-0.39, 0.29) is 17.4 Å². The van der Waals surface area contributed by atoms with E-state index >= 15 is 0 Å². The van der Waals surface area contributed by atoms with E-state index in [2.05, 4.69) is 39.8 Å². The third-order valence-electron chi connectivity index (χ3n) is 4.93. The second-order valence-corrected chi connectivity index (χ2v) is 8.02. The van der Waals surface area contributed by atoms with Crippen LogP contribution >= 0.6 is 11.8 Å². The van der Waals surface area contributed by atoms with Crippen LogP contribution in [0.15, 0.2) is 46.0 Å². The highest BCUT2D eigenvalue weighted by Gasteiger charge is 2.16. The highest BCUT2D eigenvalue weighted by Crippen LogP contribution is 2.23. The predicted octanol–water partition coefficient (Wildman–Crippen LogP) is 2.57. The number of rotatable bonds is 10. The average molecular weight is 473 g/mol. The second-order valence-electron chi connectivity index (χ2n) is 7.08. The first-order valence-electron chi connectivity index (χ1n) is 10.5. The lowest BCUT2D eigenvalue weighted by atomic mass is 10.3. The number of hydrogen-bond acceptors (Lipinski definition) is 8. The van der Waals surface area contributed by atoms with Crippen LogP contribution in [0.4, 0.5) is 0 Å². The van der Waals surface area contributed by atoms with Crippen LogP contribution in [-0.2, 0) is 11.3 Å². The van der Waals surface area contributed by atoms with Crippen molar-refractivity contribution in [3.63, 3.8) is 0 Å². The number of aryl methyl sites for hydroxylation is 1. The smallest absolute Gasteiger partial charge is 0.305 e. The molecule has 176 valence electrons. The number of carbonyl (C=O) groups excluding carboxylic acids is 2. The summed E-state index contributed by atoms with van der Waals surface area (Å²) in [5, 5.41) is 8.82. The van der Waals surface area contributed by atoms with Crippen molar-refractivity contribution in [1.82, 2.24) is 30.5 Å². The lowest BCUT2D eigenvalue weighted by Crippen LogP contribution is -2.42. The fraction of sp³-hybridized carbons (Fsp3) is 0.364. The zero-order chi connectivity index (χ0) is 23.8. The van der Waals surface area contributed by atoms with E-state index in [1.807, 2.05) is 35.8 Å². The fourth-order valence-corrected chi connectivity index (χ4v) is 3.87. The molecule has 2 aromatic heterocycles. The standard InChI is InChI=1S/C22H28N6O4S/c1-5-27(6-2)13-18-11-12-19(32-18)21(30)25-24-20(29)14-33-22-26-23-15(3)28(22)16-7-9-17(31-4)10-8-16/h7-12H,5-6,13-14H2,1-4H3,(H,24,29)(H,25,30). The Morgan fingerprint density at radius 3 is 2.48 bits per heavy atom. The van der Waals surface area contributed by atoms with Crippen LogP contribution in [0.5, 0.6) is 5.75 Å². The molecule has 2 heterocycles. The Balaban J connectivity index is 1.52. The van der Waals surface area contributed by atoms with Gasteiger partial charge in [-0.2, -0.15) is 0 Å². The van der Waals surface area contributed by atoms with E-state index in [0.29, 0.717) is 23.3 Å². The minimum Gasteiger partial charge on any atom is -0.497 e. The third-order valence-corrected chi connectivity index (χ3v) is 5.86. The molecular formula is C22H28N6O4S. The maximum absolute atomic E-state index is 12.3. The molecule has 33 heavy (non-hydrogen) atoms. The van der Waals surface area contributed by atoms with Crippen LogP contribution in [0.2, 0.25) is 0 Å². The van der Waals surface area contributed by atoms with Crippen molar-refractivity contribution in [1.29, 1.82) is 0 Å². The van der Waals surface area contributed by atoms with Gasteiger partial charge < -0.3 is 9.15 Å². The van der Waals surface area contributed by atoms with Crippen molar-refractivity contribution < 1.29 is 18.7 Å². The van der Waals surface area contributed by atoms with Gasteiger partial charge in [0, 0.05) is 5.69 Å². The Kier molecular flexibility index (Phi) is 8.50. The summed E-state index contributed by atoms with van der Waals surface area (Å²) < 4.78 is 12.6. The lowest BCUT2D eigenvalue weighted by Gasteiger charge is -2.15. The minimum absolute atomic E-state index is 0.0416. The largest absolute Gasteiger partial charge is 0.497 e. The molecule has 2 amide bonds. The number of carbonyl (C=O) groups is 2. The summed E-state index contributed by atoms with van der Waals surface area (Å²) >= 11 is 1.21. The van der Waals surface area contributed by atoms with E-state index < -0.39 is 5.91 Å². The maximum Gasteiger partial charge on any atom is 0.305 e. The molecule has 3 aromatic rings. The minimum atomic E-state index is -0.517. The van der Waals surface area contributed by atoms with E-state index in [0.717, 1.165) is 24.5 Å². The number of nitrogens with one attached hydrogen (secondary N) is 2. The van der Waals surface area contributed by atoms with E-state index in [4.69, 9.17) is 9.15 Å². The zero-order valence-electron chi connectivity index (χ0n) is 19.1. The van der Waals surface area contributed by atoms with Crippen LogP contribution in [0.25, 0.3) is 5.69 Å². The summed E-state index contributed by atoms with van der Waals surface area (Å²) in [6, 6.07) is 10.8. The first-order valence-corrected chi connectivity index (χ1v) is 11.5. The Bertz CT molecular complexity index is 1080. The normalized spacial score (nSPS) is 10.9. The SMILES string of the molecule is CCN(CC)Cc1ccc(C(=O)NNC(=O)CSc2nnc(C)n2-c2ccc(OC)cc2)o1. The highest BCUT2D eigenvalue weighted by molar-refractivity contribution is 7.99. The van der Waals surface area contributed by atoms with Gasteiger partial charge in [0.2, 0.25) is 5.91 Å². The molecule has 0 saturated carbocycles. The summed E-state index contributed by atoms with van der Waals surface area (Å²) in [4.78, 5) is 26.7. The molecule has 0 fully saturated rings. The van der Waals surface area contributed by atoms with Gasteiger partial charge in [0.15, 0.2) is 10.9 Å². The number of amides is 2. The van der Waals surface area contributed by atoms with E-state index in [1.165, 1.54) is 11.8 Å². The Morgan fingerprint density at radius 1 is 1.09 bits per heavy atom. The summed E-state index contributed by atoms with van der Waals surface area (Å²) in [5.41, 5.74) is 5.63. The molecule has 11 heteroatoms. The lowest BCUT2D eigenvalue weighted by molar-refractivity contribution is -0.119. The molecule has 2 N–H and O–H groups in total. The molecule has 1 aromatic carbocycles. The number of thioether (sulfide) groups is 1.